The van der Waals surface area contributed by atoms with Gasteiger partial charge in [-0.15, -0.1) is 0 Å². The molecule has 2 aromatic rings. The van der Waals surface area contributed by atoms with E-state index >= 15 is 0 Å². The van der Waals surface area contributed by atoms with Crippen LogP contribution < -0.4 is 0 Å². The summed E-state index contributed by atoms with van der Waals surface area (Å²) in [4.78, 5) is 15.7. The maximum absolute atomic E-state index is 11.5. The molecule has 1 heterocycles. The Balaban J connectivity index is 2.58. The van der Waals surface area contributed by atoms with Gasteiger partial charge in [0.05, 0.1) is 12.8 Å². The molecule has 92 valence electrons. The van der Waals surface area contributed by atoms with Crippen molar-refractivity contribution in [1.29, 1.82) is 0 Å². The minimum Gasteiger partial charge on any atom is -0.505 e. The summed E-state index contributed by atoms with van der Waals surface area (Å²) < 4.78 is 4.60. The number of hydrogen-bond acceptors (Lipinski definition) is 4. The number of rotatable bonds is 2. The topological polar surface area (TPSA) is 59.4 Å². The summed E-state index contributed by atoms with van der Waals surface area (Å²) in [5, 5.41) is 9.81. The van der Waals surface area contributed by atoms with E-state index in [0.717, 1.165) is 5.56 Å². The molecule has 0 atom stereocenters. The van der Waals surface area contributed by atoms with Crippen molar-refractivity contribution in [2.75, 3.05) is 7.11 Å². The van der Waals surface area contributed by atoms with E-state index in [1.165, 1.54) is 7.11 Å². The van der Waals surface area contributed by atoms with Crippen LogP contribution in [0.2, 0.25) is 0 Å². The first-order valence-corrected chi connectivity index (χ1v) is 5.48. The van der Waals surface area contributed by atoms with Gasteiger partial charge in [-0.05, 0) is 18.6 Å². The third-order valence-electron chi connectivity index (χ3n) is 2.63. The van der Waals surface area contributed by atoms with Gasteiger partial charge in [-0.1, -0.05) is 30.3 Å². The molecule has 0 bridgehead atoms. The number of esters is 1. The minimum absolute atomic E-state index is 0.0589. The maximum atomic E-state index is 11.5. The van der Waals surface area contributed by atoms with E-state index in [0.29, 0.717) is 11.3 Å². The number of carbonyl (C=O) groups is 1. The highest BCUT2D eigenvalue weighted by molar-refractivity contribution is 5.91. The molecular formula is C14H13NO3. The van der Waals surface area contributed by atoms with E-state index in [2.05, 4.69) is 9.72 Å². The van der Waals surface area contributed by atoms with Crippen LogP contribution in [-0.2, 0) is 4.74 Å². The normalized spacial score (nSPS) is 10.1. The van der Waals surface area contributed by atoms with E-state index in [9.17, 15) is 9.90 Å². The van der Waals surface area contributed by atoms with Crippen LogP contribution in [0.1, 0.15) is 16.1 Å². The van der Waals surface area contributed by atoms with Gasteiger partial charge in [-0.3, -0.25) is 0 Å². The first-order valence-electron chi connectivity index (χ1n) is 5.48. The predicted octanol–water partition coefficient (Wildman–Crippen LogP) is 2.55. The molecular weight excluding hydrogens is 230 g/mol. The van der Waals surface area contributed by atoms with E-state index in [1.54, 1.807) is 13.0 Å². The maximum Gasteiger partial charge on any atom is 0.360 e. The average Bonchev–Trinajstić information content (AvgIpc) is 2.41. The Morgan fingerprint density at radius 1 is 1.28 bits per heavy atom. The molecule has 0 spiro atoms. The number of hydrogen-bond donors (Lipinski definition) is 1. The quantitative estimate of drug-likeness (QED) is 0.823. The lowest BCUT2D eigenvalue weighted by molar-refractivity contribution is 0.0590. The standard InChI is InChI=1S/C14H13NO3/c1-9-8-11(10-6-4-3-5-7-10)15-12(13(9)16)14(17)18-2/h3-8,16H,1-2H3. The largest absolute Gasteiger partial charge is 0.505 e. The second-order valence-electron chi connectivity index (χ2n) is 3.88. The number of nitrogens with zero attached hydrogens (tertiary/aromatic N) is 1. The lowest BCUT2D eigenvalue weighted by atomic mass is 10.1. The molecule has 1 N–H and O–H groups in total. The van der Waals surface area contributed by atoms with Crippen LogP contribution in [0.3, 0.4) is 0 Å². The van der Waals surface area contributed by atoms with Crippen molar-refractivity contribution < 1.29 is 14.6 Å². The summed E-state index contributed by atoms with van der Waals surface area (Å²) in [7, 11) is 1.26. The smallest absolute Gasteiger partial charge is 0.360 e. The number of pyridine rings is 1. The molecule has 0 unspecified atom stereocenters. The van der Waals surface area contributed by atoms with Crippen LogP contribution in [0.15, 0.2) is 36.4 Å². The van der Waals surface area contributed by atoms with Gasteiger partial charge in [0.1, 0.15) is 0 Å². The molecule has 0 aliphatic carbocycles. The van der Waals surface area contributed by atoms with E-state index in [1.807, 2.05) is 30.3 Å². The zero-order valence-corrected chi connectivity index (χ0v) is 10.2. The average molecular weight is 243 g/mol. The van der Waals surface area contributed by atoms with Crippen molar-refractivity contribution in [3.8, 4) is 17.0 Å². The Bertz CT molecular complexity index is 579. The molecule has 0 radical (unpaired) electrons. The Kier molecular flexibility index (Phi) is 3.28. The van der Waals surface area contributed by atoms with Crippen molar-refractivity contribution in [2.24, 2.45) is 0 Å². The van der Waals surface area contributed by atoms with E-state index < -0.39 is 5.97 Å². The monoisotopic (exact) mass is 243 g/mol. The van der Waals surface area contributed by atoms with Gasteiger partial charge >= 0.3 is 5.97 Å². The molecule has 0 fully saturated rings. The summed E-state index contributed by atoms with van der Waals surface area (Å²) in [6.07, 6.45) is 0. The Labute approximate surface area is 105 Å². The fourth-order valence-corrected chi connectivity index (χ4v) is 1.66. The van der Waals surface area contributed by atoms with Gasteiger partial charge in [0.2, 0.25) is 0 Å². The highest BCUT2D eigenvalue weighted by Gasteiger charge is 2.17. The molecule has 0 saturated carbocycles. The number of carbonyl (C=O) groups excluding carboxylic acids is 1. The lowest BCUT2D eigenvalue weighted by Gasteiger charge is -2.08. The fraction of sp³-hybridized carbons (Fsp3) is 0.143. The summed E-state index contributed by atoms with van der Waals surface area (Å²) in [5.74, 6) is -0.782. The van der Waals surface area contributed by atoms with Crippen LogP contribution >= 0.6 is 0 Å². The second-order valence-corrected chi connectivity index (χ2v) is 3.88. The van der Waals surface area contributed by atoms with Crippen LogP contribution in [0.4, 0.5) is 0 Å². The number of ether oxygens (including phenoxy) is 1. The molecule has 0 aliphatic heterocycles. The molecule has 4 nitrogen and oxygen atoms in total. The number of aromatic hydroxyl groups is 1. The van der Waals surface area contributed by atoms with Crippen LogP contribution in [0, 0.1) is 6.92 Å². The number of aryl methyl sites for hydroxylation is 1. The highest BCUT2D eigenvalue weighted by atomic mass is 16.5. The molecule has 2 rings (SSSR count). The second kappa shape index (κ2) is 4.87. The van der Waals surface area contributed by atoms with Gasteiger partial charge in [-0.25, -0.2) is 9.78 Å². The van der Waals surface area contributed by atoms with Gasteiger partial charge in [0, 0.05) is 5.56 Å². The third-order valence-corrected chi connectivity index (χ3v) is 2.63. The van der Waals surface area contributed by atoms with Crippen LogP contribution in [0.5, 0.6) is 5.75 Å². The molecule has 0 amide bonds. The fourth-order valence-electron chi connectivity index (χ4n) is 1.66. The van der Waals surface area contributed by atoms with E-state index in [-0.39, 0.29) is 11.4 Å². The number of benzene rings is 1. The summed E-state index contributed by atoms with van der Waals surface area (Å²) in [6, 6.07) is 11.2. The van der Waals surface area contributed by atoms with Crippen LogP contribution in [0.25, 0.3) is 11.3 Å². The van der Waals surface area contributed by atoms with Crippen molar-refractivity contribution in [3.05, 3.63) is 47.7 Å². The lowest BCUT2D eigenvalue weighted by Crippen LogP contribution is -2.06. The van der Waals surface area contributed by atoms with Gasteiger partial charge < -0.3 is 9.84 Å². The molecule has 0 aliphatic rings. The van der Waals surface area contributed by atoms with Gasteiger partial charge in [0.25, 0.3) is 0 Å². The molecule has 18 heavy (non-hydrogen) atoms. The predicted molar refractivity (Wildman–Crippen MR) is 67.4 cm³/mol. The zero-order chi connectivity index (χ0) is 13.1. The van der Waals surface area contributed by atoms with Crippen molar-refractivity contribution in [2.45, 2.75) is 6.92 Å². The Hall–Kier alpha value is -2.36. The Morgan fingerprint density at radius 3 is 2.56 bits per heavy atom. The first-order chi connectivity index (χ1) is 8.63. The summed E-state index contributed by atoms with van der Waals surface area (Å²) in [6.45, 7) is 1.72. The number of aromatic nitrogens is 1. The van der Waals surface area contributed by atoms with E-state index in [4.69, 9.17) is 0 Å². The first kappa shape index (κ1) is 12.1. The highest BCUT2D eigenvalue weighted by Crippen LogP contribution is 2.26. The Morgan fingerprint density at radius 2 is 1.94 bits per heavy atom. The van der Waals surface area contributed by atoms with Crippen LogP contribution in [-0.4, -0.2) is 23.2 Å². The number of methoxy groups -OCH3 is 1. The molecule has 1 aromatic heterocycles. The van der Waals surface area contributed by atoms with Gasteiger partial charge in [0.15, 0.2) is 11.4 Å². The molecule has 1 aromatic carbocycles. The molecule has 0 saturated heterocycles. The van der Waals surface area contributed by atoms with Gasteiger partial charge in [-0.2, -0.15) is 0 Å². The zero-order valence-electron chi connectivity index (χ0n) is 10.2. The SMILES string of the molecule is COC(=O)c1nc(-c2ccccc2)cc(C)c1O. The molecule has 4 heteroatoms. The van der Waals surface area contributed by atoms with Crippen molar-refractivity contribution in [3.63, 3.8) is 0 Å². The van der Waals surface area contributed by atoms with Crippen molar-refractivity contribution >= 4 is 5.97 Å². The summed E-state index contributed by atoms with van der Waals surface area (Å²) >= 11 is 0. The summed E-state index contributed by atoms with van der Waals surface area (Å²) in [5.41, 5.74) is 2.04. The van der Waals surface area contributed by atoms with Crippen molar-refractivity contribution in [1.82, 2.24) is 4.98 Å². The third kappa shape index (κ3) is 2.18. The minimum atomic E-state index is -0.645.